The molecule has 2 rings (SSSR count). The van der Waals surface area contributed by atoms with E-state index in [0.29, 0.717) is 38.7 Å². The van der Waals surface area contributed by atoms with E-state index >= 15 is 0 Å². The molecule has 1 aliphatic heterocycles. The van der Waals surface area contributed by atoms with Crippen LogP contribution in [0, 0.1) is 0 Å². The lowest BCUT2D eigenvalue weighted by Crippen LogP contribution is -2.49. The molecule has 152 valence electrons. The summed E-state index contributed by atoms with van der Waals surface area (Å²) in [5.74, 6) is 0. The molecule has 0 spiro atoms. The molecule has 0 aromatic heterocycles. The molecule has 0 bridgehead atoms. The van der Waals surface area contributed by atoms with Gasteiger partial charge in [0.15, 0.2) is 0 Å². The van der Waals surface area contributed by atoms with Gasteiger partial charge in [0.05, 0.1) is 32.0 Å². The highest BCUT2D eigenvalue weighted by atomic mass is 19.4. The summed E-state index contributed by atoms with van der Waals surface area (Å²) in [5.41, 5.74) is -1.81. The number of hydrogen-bond acceptors (Lipinski definition) is 5. The molecule has 2 atom stereocenters. The van der Waals surface area contributed by atoms with Gasteiger partial charge in [-0.25, -0.2) is 4.79 Å². The monoisotopic (exact) mass is 383 g/mol. The molecule has 2 fully saturated rings. The molecule has 1 aliphatic carbocycles. The fraction of sp³-hybridized carbons (Fsp3) is 0.941. The van der Waals surface area contributed by atoms with Crippen LogP contribution in [0.25, 0.3) is 0 Å². The first-order chi connectivity index (χ1) is 12.0. The van der Waals surface area contributed by atoms with Crippen LogP contribution < -0.4 is 5.32 Å². The molecule has 6 nitrogen and oxygen atoms in total. The zero-order chi connectivity index (χ0) is 19.4. The maximum absolute atomic E-state index is 12.5. The Balaban J connectivity index is 1.64. The lowest BCUT2D eigenvalue weighted by atomic mass is 9.81. The van der Waals surface area contributed by atoms with Crippen LogP contribution in [0.15, 0.2) is 0 Å². The van der Waals surface area contributed by atoms with Gasteiger partial charge >= 0.3 is 12.5 Å². The molecule has 0 aromatic rings. The van der Waals surface area contributed by atoms with Crippen molar-refractivity contribution < 1.29 is 36.9 Å². The Morgan fingerprint density at radius 2 is 1.92 bits per heavy atom. The van der Waals surface area contributed by atoms with Crippen molar-refractivity contribution in [2.75, 3.05) is 19.8 Å². The van der Waals surface area contributed by atoms with Crippen LogP contribution >= 0.6 is 0 Å². The van der Waals surface area contributed by atoms with Crippen molar-refractivity contribution in [3.05, 3.63) is 0 Å². The molecule has 1 N–H and O–H groups in total. The number of hydrogen-bond donors (Lipinski definition) is 1. The number of alkyl halides is 3. The highest BCUT2D eigenvalue weighted by molar-refractivity contribution is 5.68. The summed E-state index contributed by atoms with van der Waals surface area (Å²) < 4.78 is 57.9. The third kappa shape index (κ3) is 7.28. The van der Waals surface area contributed by atoms with E-state index in [0.717, 1.165) is 0 Å². The average Bonchev–Trinajstić information content (AvgIpc) is 2.43. The highest BCUT2D eigenvalue weighted by Crippen LogP contribution is 2.40. The number of ether oxygens (including phenoxy) is 4. The van der Waals surface area contributed by atoms with Crippen molar-refractivity contribution in [2.45, 2.75) is 82.6 Å². The van der Waals surface area contributed by atoms with Crippen LogP contribution in [0.5, 0.6) is 0 Å². The van der Waals surface area contributed by atoms with E-state index in [4.69, 9.17) is 14.2 Å². The molecule has 1 amide bonds. The van der Waals surface area contributed by atoms with E-state index in [2.05, 4.69) is 10.1 Å². The van der Waals surface area contributed by atoms with E-state index in [1.165, 1.54) is 0 Å². The number of carbonyl (C=O) groups excluding carboxylic acids is 1. The Labute approximate surface area is 151 Å². The summed E-state index contributed by atoms with van der Waals surface area (Å²) in [7, 11) is 0. The minimum atomic E-state index is -4.65. The Morgan fingerprint density at radius 1 is 1.23 bits per heavy atom. The van der Waals surface area contributed by atoms with Crippen LogP contribution in [0.2, 0.25) is 0 Å². The Morgan fingerprint density at radius 3 is 2.38 bits per heavy atom. The number of halogens is 3. The highest BCUT2D eigenvalue weighted by Gasteiger charge is 2.48. The molecule has 0 aromatic carbocycles. The summed E-state index contributed by atoms with van der Waals surface area (Å²) in [6.07, 6.45) is -2.60. The van der Waals surface area contributed by atoms with E-state index < -0.39 is 23.7 Å². The molecule has 1 heterocycles. The summed E-state index contributed by atoms with van der Waals surface area (Å²) >= 11 is 0. The van der Waals surface area contributed by atoms with Crippen molar-refractivity contribution in [3.8, 4) is 0 Å². The van der Waals surface area contributed by atoms with Gasteiger partial charge in [-0.1, -0.05) is 0 Å². The molecular weight excluding hydrogens is 355 g/mol. The SMILES string of the molecule is CC(C)(C)OC(=O)N[C@@H]1CC[C@@H](COCC2(OC(F)(F)F)CCC2)OC1. The summed E-state index contributed by atoms with van der Waals surface area (Å²) in [6, 6.07) is -0.146. The van der Waals surface area contributed by atoms with Gasteiger partial charge in [0.1, 0.15) is 11.2 Å². The smallest absolute Gasteiger partial charge is 0.444 e. The van der Waals surface area contributed by atoms with Gasteiger partial charge < -0.3 is 19.5 Å². The first kappa shape index (κ1) is 21.2. The van der Waals surface area contributed by atoms with Gasteiger partial charge in [0, 0.05) is 0 Å². The van der Waals surface area contributed by atoms with Crippen molar-refractivity contribution >= 4 is 6.09 Å². The second kappa shape index (κ2) is 8.31. The van der Waals surface area contributed by atoms with Crippen molar-refractivity contribution in [3.63, 3.8) is 0 Å². The van der Waals surface area contributed by atoms with Crippen molar-refractivity contribution in [2.24, 2.45) is 0 Å². The fourth-order valence-electron chi connectivity index (χ4n) is 2.99. The minimum Gasteiger partial charge on any atom is -0.444 e. The van der Waals surface area contributed by atoms with Crippen LogP contribution in [0.4, 0.5) is 18.0 Å². The predicted octanol–water partition coefficient (Wildman–Crippen LogP) is 3.53. The first-order valence-electron chi connectivity index (χ1n) is 8.92. The second-order valence-electron chi connectivity index (χ2n) is 7.98. The molecule has 9 heteroatoms. The van der Waals surface area contributed by atoms with Crippen LogP contribution in [-0.4, -0.2) is 55.6 Å². The number of carbonyl (C=O) groups is 1. The topological polar surface area (TPSA) is 66.0 Å². The largest absolute Gasteiger partial charge is 0.523 e. The third-order valence-electron chi connectivity index (χ3n) is 4.36. The second-order valence-corrected chi connectivity index (χ2v) is 7.98. The number of rotatable bonds is 6. The maximum atomic E-state index is 12.5. The van der Waals surface area contributed by atoms with Gasteiger partial charge in [-0.15, -0.1) is 13.2 Å². The molecular formula is C17H28F3NO5. The molecule has 2 aliphatic rings. The molecule has 0 radical (unpaired) electrons. The van der Waals surface area contributed by atoms with Crippen molar-refractivity contribution in [1.82, 2.24) is 5.32 Å². The summed E-state index contributed by atoms with van der Waals surface area (Å²) in [5, 5.41) is 2.75. The van der Waals surface area contributed by atoms with Crippen LogP contribution in [0.3, 0.4) is 0 Å². The average molecular weight is 383 g/mol. The lowest BCUT2D eigenvalue weighted by Gasteiger charge is -2.41. The molecule has 1 saturated carbocycles. The van der Waals surface area contributed by atoms with E-state index in [1.807, 2.05) is 0 Å². The van der Waals surface area contributed by atoms with Gasteiger partial charge in [-0.2, -0.15) is 0 Å². The zero-order valence-electron chi connectivity index (χ0n) is 15.5. The van der Waals surface area contributed by atoms with Gasteiger partial charge in [-0.3, -0.25) is 4.74 Å². The fourth-order valence-corrected chi connectivity index (χ4v) is 2.99. The van der Waals surface area contributed by atoms with Gasteiger partial charge in [-0.05, 0) is 52.9 Å². The van der Waals surface area contributed by atoms with Crippen LogP contribution in [0.1, 0.15) is 52.9 Å². The Hall–Kier alpha value is -1.06. The predicted molar refractivity (Wildman–Crippen MR) is 86.7 cm³/mol. The van der Waals surface area contributed by atoms with Crippen LogP contribution in [-0.2, 0) is 18.9 Å². The number of amides is 1. The van der Waals surface area contributed by atoms with E-state index in [1.54, 1.807) is 20.8 Å². The Kier molecular flexibility index (Phi) is 6.79. The van der Waals surface area contributed by atoms with Crippen molar-refractivity contribution in [1.29, 1.82) is 0 Å². The first-order valence-corrected chi connectivity index (χ1v) is 8.92. The zero-order valence-corrected chi connectivity index (χ0v) is 15.5. The lowest BCUT2D eigenvalue weighted by molar-refractivity contribution is -0.384. The normalized spacial score (nSPS) is 26.1. The minimum absolute atomic E-state index is 0.0913. The molecule has 1 saturated heterocycles. The maximum Gasteiger partial charge on any atom is 0.523 e. The van der Waals surface area contributed by atoms with Gasteiger partial charge in [0.25, 0.3) is 0 Å². The summed E-state index contributed by atoms with van der Waals surface area (Å²) in [4.78, 5) is 11.7. The van der Waals surface area contributed by atoms with E-state index in [-0.39, 0.29) is 25.4 Å². The van der Waals surface area contributed by atoms with E-state index in [9.17, 15) is 18.0 Å². The molecule has 26 heavy (non-hydrogen) atoms. The molecule has 0 unspecified atom stereocenters. The Bertz CT molecular complexity index is 466. The standard InChI is InChI=1S/C17H28F3NO5/c1-15(2,3)25-14(22)21-12-5-6-13(24-9-12)10-23-11-16(7-4-8-16)26-17(18,19)20/h12-13H,4-11H2,1-3H3,(H,21,22)/t12-,13+/m1/s1. The number of alkyl carbamates (subject to hydrolysis) is 1. The van der Waals surface area contributed by atoms with Gasteiger partial charge in [0.2, 0.25) is 0 Å². The third-order valence-corrected chi connectivity index (χ3v) is 4.36. The quantitative estimate of drug-likeness (QED) is 0.760. The number of nitrogens with one attached hydrogen (secondary N) is 1. The summed E-state index contributed by atoms with van der Waals surface area (Å²) in [6.45, 7) is 5.80.